The van der Waals surface area contributed by atoms with Crippen molar-refractivity contribution in [2.75, 3.05) is 0 Å². The van der Waals surface area contributed by atoms with Crippen LogP contribution in [0.5, 0.6) is 0 Å². The minimum Gasteiger partial charge on any atom is -0.273 e. The molecular weight excluding hydrogens is 200 g/mol. The minimum absolute atomic E-state index is 0.202. The third-order valence-electron chi connectivity index (χ3n) is 3.03. The maximum atomic E-state index is 5.63. The van der Waals surface area contributed by atoms with Crippen LogP contribution in [0.4, 0.5) is 0 Å². The third kappa shape index (κ3) is 3.32. The van der Waals surface area contributed by atoms with Crippen LogP contribution in [0.3, 0.4) is 0 Å². The zero-order chi connectivity index (χ0) is 12.3. The van der Waals surface area contributed by atoms with Gasteiger partial charge in [-0.05, 0) is 25.2 Å². The van der Waals surface area contributed by atoms with Crippen molar-refractivity contribution in [3.05, 3.63) is 17.5 Å². The molecule has 1 aromatic rings. The Bertz CT molecular complexity index is 335. The summed E-state index contributed by atoms with van der Waals surface area (Å²) in [4.78, 5) is 0. The molecule has 1 atom stereocenters. The molecular formula is C12H24N4. The normalized spacial score (nSPS) is 14.1. The molecule has 0 radical (unpaired) electrons. The second-order valence-electron chi connectivity index (χ2n) is 5.63. The summed E-state index contributed by atoms with van der Waals surface area (Å²) >= 11 is 0. The molecule has 0 aliphatic rings. The molecule has 4 heteroatoms. The monoisotopic (exact) mass is 224 g/mol. The van der Waals surface area contributed by atoms with E-state index in [1.54, 1.807) is 0 Å². The van der Waals surface area contributed by atoms with Gasteiger partial charge in [0, 0.05) is 24.3 Å². The summed E-state index contributed by atoms with van der Waals surface area (Å²) in [6.07, 6.45) is 4.07. The number of nitrogens with one attached hydrogen (secondary N) is 1. The van der Waals surface area contributed by atoms with Crippen molar-refractivity contribution < 1.29 is 0 Å². The van der Waals surface area contributed by atoms with E-state index >= 15 is 0 Å². The fourth-order valence-electron chi connectivity index (χ4n) is 1.76. The smallest absolute Gasteiger partial charge is 0.0540 e. The van der Waals surface area contributed by atoms with E-state index in [9.17, 15) is 0 Å². The first-order valence-electron chi connectivity index (χ1n) is 5.80. The van der Waals surface area contributed by atoms with Gasteiger partial charge in [0.05, 0.1) is 6.20 Å². The van der Waals surface area contributed by atoms with Gasteiger partial charge in [-0.3, -0.25) is 16.0 Å². The van der Waals surface area contributed by atoms with E-state index in [1.807, 2.05) is 17.9 Å². The van der Waals surface area contributed by atoms with E-state index in [4.69, 9.17) is 5.84 Å². The Morgan fingerprint density at radius 2 is 2.12 bits per heavy atom. The summed E-state index contributed by atoms with van der Waals surface area (Å²) in [6, 6.07) is 0.202. The number of rotatable bonds is 4. The van der Waals surface area contributed by atoms with Crippen molar-refractivity contribution in [2.24, 2.45) is 18.3 Å². The molecule has 1 heterocycles. The summed E-state index contributed by atoms with van der Waals surface area (Å²) in [5.41, 5.74) is 5.61. The third-order valence-corrected chi connectivity index (χ3v) is 3.03. The van der Waals surface area contributed by atoms with E-state index in [0.717, 1.165) is 12.8 Å². The lowest BCUT2D eigenvalue weighted by atomic mass is 9.87. The fourth-order valence-corrected chi connectivity index (χ4v) is 1.76. The molecule has 0 spiro atoms. The van der Waals surface area contributed by atoms with Gasteiger partial charge in [-0.1, -0.05) is 20.8 Å². The topological polar surface area (TPSA) is 55.9 Å². The van der Waals surface area contributed by atoms with Gasteiger partial charge in [0.25, 0.3) is 0 Å². The van der Waals surface area contributed by atoms with Crippen LogP contribution in [0.15, 0.2) is 6.20 Å². The maximum absolute atomic E-state index is 5.63. The summed E-state index contributed by atoms with van der Waals surface area (Å²) < 4.78 is 1.89. The summed E-state index contributed by atoms with van der Waals surface area (Å²) in [6.45, 7) is 8.81. The molecule has 0 saturated carbocycles. The lowest BCUT2D eigenvalue weighted by molar-refractivity contribution is 0.333. The van der Waals surface area contributed by atoms with Crippen LogP contribution in [-0.4, -0.2) is 9.78 Å². The van der Waals surface area contributed by atoms with E-state index < -0.39 is 0 Å². The van der Waals surface area contributed by atoms with Gasteiger partial charge in [0.1, 0.15) is 0 Å². The first kappa shape index (κ1) is 13.2. The average Bonchev–Trinajstić information content (AvgIpc) is 2.49. The van der Waals surface area contributed by atoms with Gasteiger partial charge in [-0.25, -0.2) is 0 Å². The van der Waals surface area contributed by atoms with Crippen LogP contribution in [-0.2, 0) is 7.05 Å². The highest BCUT2D eigenvalue weighted by molar-refractivity contribution is 5.20. The van der Waals surface area contributed by atoms with Gasteiger partial charge < -0.3 is 0 Å². The van der Waals surface area contributed by atoms with Crippen molar-refractivity contribution in [3.8, 4) is 0 Å². The van der Waals surface area contributed by atoms with E-state index in [1.165, 1.54) is 11.3 Å². The highest BCUT2D eigenvalue weighted by Crippen LogP contribution is 2.28. The molecule has 0 aliphatic heterocycles. The summed E-state index contributed by atoms with van der Waals surface area (Å²) in [7, 11) is 1.95. The number of hydrogen-bond donors (Lipinski definition) is 2. The SMILES string of the molecule is Cc1c(C(CCC(C)(C)C)NN)cnn1C. The van der Waals surface area contributed by atoms with Crippen molar-refractivity contribution in [1.29, 1.82) is 0 Å². The maximum Gasteiger partial charge on any atom is 0.0540 e. The number of nitrogens with zero attached hydrogens (tertiary/aromatic N) is 2. The van der Waals surface area contributed by atoms with Gasteiger partial charge in [-0.2, -0.15) is 5.10 Å². The highest BCUT2D eigenvalue weighted by Gasteiger charge is 2.18. The summed E-state index contributed by atoms with van der Waals surface area (Å²) in [5, 5.41) is 4.25. The minimum atomic E-state index is 0.202. The average molecular weight is 224 g/mol. The van der Waals surface area contributed by atoms with Crippen LogP contribution in [0, 0.1) is 12.3 Å². The first-order valence-corrected chi connectivity index (χ1v) is 5.80. The lowest BCUT2D eigenvalue weighted by Crippen LogP contribution is -2.29. The Balaban J connectivity index is 2.72. The molecule has 16 heavy (non-hydrogen) atoms. The molecule has 0 bridgehead atoms. The molecule has 0 aliphatic carbocycles. The first-order chi connectivity index (χ1) is 7.35. The van der Waals surface area contributed by atoms with Crippen LogP contribution in [0.25, 0.3) is 0 Å². The van der Waals surface area contributed by atoms with Crippen LogP contribution in [0.2, 0.25) is 0 Å². The zero-order valence-corrected chi connectivity index (χ0v) is 11.0. The molecule has 0 amide bonds. The second kappa shape index (κ2) is 4.97. The Hall–Kier alpha value is -0.870. The molecule has 0 saturated heterocycles. The van der Waals surface area contributed by atoms with Crippen molar-refractivity contribution in [2.45, 2.75) is 46.6 Å². The van der Waals surface area contributed by atoms with Crippen LogP contribution in [0.1, 0.15) is 50.9 Å². The van der Waals surface area contributed by atoms with E-state index in [-0.39, 0.29) is 6.04 Å². The molecule has 92 valence electrons. The van der Waals surface area contributed by atoms with Gasteiger partial charge in [-0.15, -0.1) is 0 Å². The lowest BCUT2D eigenvalue weighted by Gasteiger charge is -2.22. The molecule has 1 rings (SSSR count). The second-order valence-corrected chi connectivity index (χ2v) is 5.63. The molecule has 0 aromatic carbocycles. The van der Waals surface area contributed by atoms with Crippen LogP contribution < -0.4 is 11.3 Å². The van der Waals surface area contributed by atoms with Crippen molar-refractivity contribution >= 4 is 0 Å². The number of hydrazine groups is 1. The van der Waals surface area contributed by atoms with Crippen LogP contribution >= 0.6 is 0 Å². The standard InChI is InChI=1S/C12H24N4/c1-9-10(8-14-16(9)5)11(15-13)6-7-12(2,3)4/h8,11,15H,6-7,13H2,1-5H3. The van der Waals surface area contributed by atoms with Gasteiger partial charge in [0.15, 0.2) is 0 Å². The number of nitrogens with two attached hydrogens (primary N) is 1. The highest BCUT2D eigenvalue weighted by atomic mass is 15.3. The van der Waals surface area contributed by atoms with Gasteiger partial charge in [0.2, 0.25) is 0 Å². The zero-order valence-electron chi connectivity index (χ0n) is 11.0. The molecule has 3 N–H and O–H groups in total. The summed E-state index contributed by atoms with van der Waals surface area (Å²) in [5.74, 6) is 5.63. The van der Waals surface area contributed by atoms with E-state index in [2.05, 4.69) is 38.2 Å². The van der Waals surface area contributed by atoms with Crippen molar-refractivity contribution in [1.82, 2.24) is 15.2 Å². The van der Waals surface area contributed by atoms with Crippen molar-refractivity contribution in [3.63, 3.8) is 0 Å². The molecule has 1 aromatic heterocycles. The fraction of sp³-hybridized carbons (Fsp3) is 0.750. The number of aromatic nitrogens is 2. The Morgan fingerprint density at radius 3 is 2.50 bits per heavy atom. The largest absolute Gasteiger partial charge is 0.273 e. The molecule has 0 fully saturated rings. The molecule has 4 nitrogen and oxygen atoms in total. The quantitative estimate of drug-likeness (QED) is 0.608. The van der Waals surface area contributed by atoms with Gasteiger partial charge >= 0.3 is 0 Å². The predicted octanol–water partition coefficient (Wildman–Crippen LogP) is 2.06. The number of hydrogen-bond acceptors (Lipinski definition) is 3. The van der Waals surface area contributed by atoms with E-state index in [0.29, 0.717) is 5.41 Å². The number of aryl methyl sites for hydroxylation is 1. The molecule has 1 unspecified atom stereocenters. The predicted molar refractivity (Wildman–Crippen MR) is 66.7 cm³/mol. The Labute approximate surface area is 98.2 Å². The Kier molecular flexibility index (Phi) is 4.10. The Morgan fingerprint density at radius 1 is 1.50 bits per heavy atom.